The Morgan fingerprint density at radius 2 is 1.70 bits per heavy atom. The molecule has 0 bridgehead atoms. The Hall–Kier alpha value is -1.24. The van der Waals surface area contributed by atoms with Crippen molar-refractivity contribution in [2.75, 3.05) is 6.61 Å². The number of hydrogen-bond acceptors (Lipinski definition) is 1. The first kappa shape index (κ1) is 19.1. The van der Waals surface area contributed by atoms with E-state index in [1.54, 1.807) is 11.1 Å². The lowest BCUT2D eigenvalue weighted by atomic mass is 9.61. The molecular weight excluding hydrogens is 328 g/mol. The zero-order chi connectivity index (χ0) is 18.6. The van der Waals surface area contributed by atoms with Gasteiger partial charge in [-0.05, 0) is 124 Å². The number of fused-ring (bicyclic) bond motifs is 2. The van der Waals surface area contributed by atoms with Gasteiger partial charge in [0.15, 0.2) is 0 Å². The molecule has 3 aliphatic carbocycles. The Balaban J connectivity index is 1.35. The van der Waals surface area contributed by atoms with Crippen LogP contribution >= 0.6 is 0 Å². The molecule has 0 saturated heterocycles. The van der Waals surface area contributed by atoms with Crippen molar-refractivity contribution in [2.45, 2.75) is 78.1 Å². The van der Waals surface area contributed by atoms with Gasteiger partial charge in [0.05, 0.1) is 6.61 Å². The number of allylic oxidation sites excluding steroid dienone is 2. The van der Waals surface area contributed by atoms with Crippen LogP contribution in [0.3, 0.4) is 0 Å². The van der Waals surface area contributed by atoms with Crippen LogP contribution in [0.2, 0.25) is 0 Å². The molecule has 0 radical (unpaired) electrons. The standard InChI is InChI=1S/C26H38O/c1-3-5-19-6-7-21-16-22(9-8-20(21)15-19)23-10-11-25-18-26(27-14-4-2)13-12-24(25)17-23/h3,5,12-13,18-23H,4,6-11,14-17H2,1-2H3/t19-,20-,21-,22?,23?/m1/s1. The molecule has 0 N–H and O–H groups in total. The summed E-state index contributed by atoms with van der Waals surface area (Å²) in [6.45, 7) is 5.19. The SMILES string of the molecule is CC=C[C@@H]1CC[C@@H]2CC(C3CCc4cc(OCCC)ccc4C3)CC[C@@H]2C1. The third-order valence-electron chi connectivity index (χ3n) is 7.74. The first-order valence-corrected chi connectivity index (χ1v) is 11.6. The molecule has 148 valence electrons. The second-order valence-electron chi connectivity index (χ2n) is 9.47. The van der Waals surface area contributed by atoms with Crippen molar-refractivity contribution in [3.05, 3.63) is 41.5 Å². The molecule has 1 nitrogen and oxygen atoms in total. The number of aryl methyl sites for hydroxylation is 1. The fraction of sp³-hybridized carbons (Fsp3) is 0.692. The van der Waals surface area contributed by atoms with Crippen molar-refractivity contribution in [3.8, 4) is 5.75 Å². The van der Waals surface area contributed by atoms with Gasteiger partial charge in [-0.15, -0.1) is 0 Å². The van der Waals surface area contributed by atoms with E-state index in [2.05, 4.69) is 44.2 Å². The van der Waals surface area contributed by atoms with Crippen molar-refractivity contribution < 1.29 is 4.74 Å². The largest absolute Gasteiger partial charge is 0.494 e. The predicted octanol–water partition coefficient (Wildman–Crippen LogP) is 6.99. The van der Waals surface area contributed by atoms with E-state index in [0.29, 0.717) is 0 Å². The van der Waals surface area contributed by atoms with E-state index >= 15 is 0 Å². The van der Waals surface area contributed by atoms with Gasteiger partial charge in [-0.25, -0.2) is 0 Å². The molecule has 4 rings (SSSR count). The van der Waals surface area contributed by atoms with E-state index < -0.39 is 0 Å². The molecule has 0 heterocycles. The van der Waals surface area contributed by atoms with Crippen LogP contribution < -0.4 is 4.74 Å². The van der Waals surface area contributed by atoms with Crippen LogP contribution in [0.4, 0.5) is 0 Å². The maximum absolute atomic E-state index is 5.84. The Labute approximate surface area is 166 Å². The van der Waals surface area contributed by atoms with Crippen LogP contribution in [0.1, 0.15) is 76.3 Å². The number of benzene rings is 1. The third-order valence-corrected chi connectivity index (χ3v) is 7.74. The average molecular weight is 367 g/mol. The van der Waals surface area contributed by atoms with Gasteiger partial charge in [-0.1, -0.05) is 25.1 Å². The van der Waals surface area contributed by atoms with E-state index in [9.17, 15) is 0 Å². The van der Waals surface area contributed by atoms with Crippen LogP contribution in [-0.2, 0) is 12.8 Å². The minimum atomic E-state index is 0.834. The first-order valence-electron chi connectivity index (χ1n) is 11.6. The molecule has 2 saturated carbocycles. The highest BCUT2D eigenvalue weighted by atomic mass is 16.5. The maximum atomic E-state index is 5.84. The van der Waals surface area contributed by atoms with Crippen LogP contribution in [0.25, 0.3) is 0 Å². The molecule has 2 unspecified atom stereocenters. The van der Waals surface area contributed by atoms with Gasteiger partial charge >= 0.3 is 0 Å². The lowest BCUT2D eigenvalue weighted by molar-refractivity contribution is 0.0810. The second-order valence-corrected chi connectivity index (χ2v) is 9.47. The lowest BCUT2D eigenvalue weighted by Gasteiger charge is -2.44. The number of rotatable bonds is 5. The summed E-state index contributed by atoms with van der Waals surface area (Å²) in [6, 6.07) is 6.89. The quantitative estimate of drug-likeness (QED) is 0.510. The number of ether oxygens (including phenoxy) is 1. The summed E-state index contributed by atoms with van der Waals surface area (Å²) in [5, 5.41) is 0. The van der Waals surface area contributed by atoms with Crippen LogP contribution in [0.15, 0.2) is 30.4 Å². The fourth-order valence-corrected chi connectivity index (χ4v) is 6.31. The van der Waals surface area contributed by atoms with E-state index in [1.165, 1.54) is 57.8 Å². The lowest BCUT2D eigenvalue weighted by Crippen LogP contribution is -2.34. The summed E-state index contributed by atoms with van der Waals surface area (Å²) in [6.07, 6.45) is 18.7. The molecule has 2 fully saturated rings. The summed E-state index contributed by atoms with van der Waals surface area (Å²) in [4.78, 5) is 0. The monoisotopic (exact) mass is 366 g/mol. The molecule has 0 aromatic heterocycles. The van der Waals surface area contributed by atoms with Gasteiger partial charge in [-0.2, -0.15) is 0 Å². The van der Waals surface area contributed by atoms with E-state index in [-0.39, 0.29) is 0 Å². The predicted molar refractivity (Wildman–Crippen MR) is 114 cm³/mol. The van der Waals surface area contributed by atoms with E-state index in [1.807, 2.05) is 0 Å². The smallest absolute Gasteiger partial charge is 0.119 e. The third kappa shape index (κ3) is 4.44. The van der Waals surface area contributed by atoms with E-state index in [0.717, 1.165) is 48.4 Å². The van der Waals surface area contributed by atoms with Gasteiger partial charge in [0.25, 0.3) is 0 Å². The Bertz CT molecular complexity index is 646. The summed E-state index contributed by atoms with van der Waals surface area (Å²) < 4.78 is 5.84. The maximum Gasteiger partial charge on any atom is 0.119 e. The highest BCUT2D eigenvalue weighted by Gasteiger charge is 2.38. The minimum absolute atomic E-state index is 0.834. The van der Waals surface area contributed by atoms with Gasteiger partial charge < -0.3 is 4.74 Å². The van der Waals surface area contributed by atoms with Gasteiger partial charge in [0.2, 0.25) is 0 Å². The second kappa shape index (κ2) is 8.84. The molecule has 1 heteroatoms. The Morgan fingerprint density at radius 3 is 2.52 bits per heavy atom. The van der Waals surface area contributed by atoms with E-state index in [4.69, 9.17) is 4.74 Å². The van der Waals surface area contributed by atoms with Crippen LogP contribution in [-0.4, -0.2) is 6.61 Å². The summed E-state index contributed by atoms with van der Waals surface area (Å²) in [7, 11) is 0. The van der Waals surface area contributed by atoms with Crippen molar-refractivity contribution in [3.63, 3.8) is 0 Å². The molecule has 3 aliphatic rings. The van der Waals surface area contributed by atoms with Gasteiger partial charge in [-0.3, -0.25) is 0 Å². The van der Waals surface area contributed by atoms with Crippen molar-refractivity contribution in [1.82, 2.24) is 0 Å². The normalized spacial score (nSPS) is 33.5. The van der Waals surface area contributed by atoms with Crippen molar-refractivity contribution in [2.24, 2.45) is 29.6 Å². The number of hydrogen-bond donors (Lipinski definition) is 0. The molecule has 27 heavy (non-hydrogen) atoms. The van der Waals surface area contributed by atoms with Crippen LogP contribution in [0, 0.1) is 29.6 Å². The summed E-state index contributed by atoms with van der Waals surface area (Å²) >= 11 is 0. The highest BCUT2D eigenvalue weighted by Crippen LogP contribution is 2.48. The average Bonchev–Trinajstić information content (AvgIpc) is 2.71. The zero-order valence-electron chi connectivity index (χ0n) is 17.5. The Morgan fingerprint density at radius 1 is 0.926 bits per heavy atom. The topological polar surface area (TPSA) is 9.23 Å². The first-order chi connectivity index (χ1) is 13.3. The summed E-state index contributed by atoms with van der Waals surface area (Å²) in [5.41, 5.74) is 3.16. The fourth-order valence-electron chi connectivity index (χ4n) is 6.31. The molecule has 0 amide bonds. The Kier molecular flexibility index (Phi) is 6.25. The van der Waals surface area contributed by atoms with Crippen LogP contribution in [0.5, 0.6) is 5.75 Å². The molecule has 0 spiro atoms. The summed E-state index contributed by atoms with van der Waals surface area (Å²) in [5.74, 6) is 5.90. The molecule has 5 atom stereocenters. The van der Waals surface area contributed by atoms with Gasteiger partial charge in [0, 0.05) is 0 Å². The highest BCUT2D eigenvalue weighted by molar-refractivity contribution is 5.37. The zero-order valence-corrected chi connectivity index (χ0v) is 17.5. The molecule has 0 aliphatic heterocycles. The molecule has 1 aromatic rings. The molecular formula is C26H38O. The molecule has 1 aromatic carbocycles. The van der Waals surface area contributed by atoms with Crippen molar-refractivity contribution >= 4 is 0 Å². The van der Waals surface area contributed by atoms with Crippen molar-refractivity contribution in [1.29, 1.82) is 0 Å². The van der Waals surface area contributed by atoms with Gasteiger partial charge in [0.1, 0.15) is 5.75 Å². The minimum Gasteiger partial charge on any atom is -0.494 e.